The first-order valence-corrected chi connectivity index (χ1v) is 3.89. The molecule has 0 saturated carbocycles. The summed E-state index contributed by atoms with van der Waals surface area (Å²) in [7, 11) is 1.77. The van der Waals surface area contributed by atoms with Gasteiger partial charge in [-0.1, -0.05) is 6.08 Å². The second-order valence-corrected chi connectivity index (χ2v) is 2.77. The van der Waals surface area contributed by atoms with Crippen LogP contribution in [0.1, 0.15) is 6.42 Å². The Balaban J connectivity index is 2.68. The Hall–Kier alpha value is -1.32. The van der Waals surface area contributed by atoms with E-state index in [9.17, 15) is 4.39 Å². The molecule has 1 unspecified atom stereocenters. The molecule has 0 bridgehead atoms. The number of nitrogens with one attached hydrogen (secondary N) is 2. The molecule has 3 nitrogen and oxygen atoms in total. The van der Waals surface area contributed by atoms with Crippen LogP contribution in [0.5, 0.6) is 0 Å². The molecule has 1 aromatic heterocycles. The highest BCUT2D eigenvalue weighted by Gasteiger charge is 2.08. The van der Waals surface area contributed by atoms with E-state index in [0.717, 1.165) is 10.6 Å². The van der Waals surface area contributed by atoms with Crippen molar-refractivity contribution in [3.8, 4) is 0 Å². The van der Waals surface area contributed by atoms with Crippen molar-refractivity contribution in [3.63, 3.8) is 0 Å². The first kappa shape index (κ1) is 7.34. The number of hydrogen-bond acceptors (Lipinski definition) is 2. The average molecular weight is 167 g/mol. The van der Waals surface area contributed by atoms with Crippen molar-refractivity contribution in [2.24, 2.45) is 0 Å². The smallest absolute Gasteiger partial charge is 0.155 e. The van der Waals surface area contributed by atoms with E-state index in [1.54, 1.807) is 13.1 Å². The number of fused-ring (bicyclic) bond motifs is 1. The maximum Gasteiger partial charge on any atom is 0.155 e. The Bertz CT molecular complexity index is 393. The third kappa shape index (κ3) is 0.995. The van der Waals surface area contributed by atoms with Crippen LogP contribution in [0, 0.1) is 0 Å². The second-order valence-electron chi connectivity index (χ2n) is 2.77. The molecule has 12 heavy (non-hydrogen) atoms. The molecule has 0 saturated heterocycles. The van der Waals surface area contributed by atoms with Gasteiger partial charge >= 0.3 is 0 Å². The third-order valence-corrected chi connectivity index (χ3v) is 1.96. The maximum atomic E-state index is 12.9. The van der Waals surface area contributed by atoms with Gasteiger partial charge in [0.2, 0.25) is 0 Å². The van der Waals surface area contributed by atoms with Gasteiger partial charge in [0.25, 0.3) is 0 Å². The second kappa shape index (κ2) is 2.62. The number of nitrogens with zero attached hydrogens (tertiary/aromatic N) is 1. The highest BCUT2D eigenvalue weighted by atomic mass is 19.1. The minimum atomic E-state index is -0.873. The molecule has 1 aromatic rings. The van der Waals surface area contributed by atoms with Crippen LogP contribution >= 0.6 is 0 Å². The van der Waals surface area contributed by atoms with E-state index in [2.05, 4.69) is 15.5 Å². The van der Waals surface area contributed by atoms with Crippen LogP contribution in [0.25, 0.3) is 12.2 Å². The molecule has 1 aliphatic carbocycles. The third-order valence-electron chi connectivity index (χ3n) is 1.96. The topological polar surface area (TPSA) is 40.7 Å². The number of anilines is 1. The summed E-state index contributed by atoms with van der Waals surface area (Å²) in [6.07, 6.45) is 2.99. The van der Waals surface area contributed by atoms with Crippen molar-refractivity contribution < 1.29 is 4.39 Å². The van der Waals surface area contributed by atoms with Gasteiger partial charge in [0.05, 0.1) is 5.35 Å². The predicted octanol–water partition coefficient (Wildman–Crippen LogP) is -0.246. The van der Waals surface area contributed by atoms with Gasteiger partial charge in [-0.05, 0) is 6.08 Å². The Morgan fingerprint density at radius 3 is 3.33 bits per heavy atom. The molecular formula is C8H10FN3. The molecule has 1 aliphatic rings. The first-order chi connectivity index (χ1) is 5.81. The summed E-state index contributed by atoms with van der Waals surface area (Å²) < 4.78 is 12.9. The van der Waals surface area contributed by atoms with E-state index in [-0.39, 0.29) is 0 Å². The fourth-order valence-corrected chi connectivity index (χ4v) is 1.36. The highest BCUT2D eigenvalue weighted by Crippen LogP contribution is 2.03. The van der Waals surface area contributed by atoms with Crippen molar-refractivity contribution in [1.29, 1.82) is 0 Å². The summed E-state index contributed by atoms with van der Waals surface area (Å²) in [5.74, 6) is 0.712. The highest BCUT2D eigenvalue weighted by molar-refractivity contribution is 5.49. The molecular weight excluding hydrogens is 157 g/mol. The van der Waals surface area contributed by atoms with E-state index in [0.29, 0.717) is 12.2 Å². The lowest BCUT2D eigenvalue weighted by atomic mass is 10.1. The van der Waals surface area contributed by atoms with Crippen LogP contribution in [-0.4, -0.2) is 23.4 Å². The summed E-state index contributed by atoms with van der Waals surface area (Å²) >= 11 is 0. The van der Waals surface area contributed by atoms with E-state index in [1.807, 2.05) is 6.08 Å². The molecule has 0 amide bonds. The minimum absolute atomic E-state index is 0.443. The summed E-state index contributed by atoms with van der Waals surface area (Å²) in [6, 6.07) is 0. The zero-order chi connectivity index (χ0) is 8.55. The van der Waals surface area contributed by atoms with Crippen LogP contribution in [0.15, 0.2) is 0 Å². The van der Waals surface area contributed by atoms with E-state index in [4.69, 9.17) is 0 Å². The number of H-pyrrole nitrogens is 1. The number of alkyl halides is 1. The van der Waals surface area contributed by atoms with E-state index >= 15 is 0 Å². The maximum absolute atomic E-state index is 12.9. The monoisotopic (exact) mass is 167 g/mol. The zero-order valence-corrected chi connectivity index (χ0v) is 6.76. The number of halogens is 1. The SMILES string of the molecule is CNc1n[nH]c2c1=CC(F)CC=2. The summed E-state index contributed by atoms with van der Waals surface area (Å²) in [4.78, 5) is 0. The molecule has 2 N–H and O–H groups in total. The van der Waals surface area contributed by atoms with Crippen molar-refractivity contribution in [3.05, 3.63) is 10.6 Å². The lowest BCUT2D eigenvalue weighted by Crippen LogP contribution is -2.29. The van der Waals surface area contributed by atoms with Gasteiger partial charge in [0, 0.05) is 18.7 Å². The van der Waals surface area contributed by atoms with Crippen LogP contribution in [0.4, 0.5) is 10.2 Å². The quantitative estimate of drug-likeness (QED) is 0.605. The van der Waals surface area contributed by atoms with Gasteiger partial charge in [0.15, 0.2) is 5.82 Å². The van der Waals surface area contributed by atoms with Crippen molar-refractivity contribution in [1.82, 2.24) is 10.2 Å². The average Bonchev–Trinajstić information content (AvgIpc) is 2.46. The molecule has 0 aromatic carbocycles. The number of rotatable bonds is 1. The first-order valence-electron chi connectivity index (χ1n) is 3.89. The lowest BCUT2D eigenvalue weighted by Gasteiger charge is -2.01. The van der Waals surface area contributed by atoms with Crippen molar-refractivity contribution in [2.75, 3.05) is 12.4 Å². The van der Waals surface area contributed by atoms with Gasteiger partial charge in [-0.3, -0.25) is 5.10 Å². The lowest BCUT2D eigenvalue weighted by molar-refractivity contribution is 0.428. The molecule has 2 rings (SSSR count). The van der Waals surface area contributed by atoms with Crippen LogP contribution < -0.4 is 15.9 Å². The summed E-state index contributed by atoms with van der Waals surface area (Å²) in [5, 5.41) is 11.5. The standard InChI is InChI=1S/C8H10FN3/c1-10-8-6-4-5(9)2-3-7(6)11-12-8/h3-5,11H,2H2,1H3,(H,10,12). The van der Waals surface area contributed by atoms with Gasteiger partial charge < -0.3 is 5.32 Å². The summed E-state index contributed by atoms with van der Waals surface area (Å²) in [6.45, 7) is 0. The Labute approximate surface area is 69.0 Å². The normalized spacial score (nSPS) is 20.7. The number of hydrogen-bond donors (Lipinski definition) is 2. The molecule has 1 atom stereocenters. The minimum Gasteiger partial charge on any atom is -0.371 e. The van der Waals surface area contributed by atoms with Crippen molar-refractivity contribution >= 4 is 18.0 Å². The molecule has 0 aliphatic heterocycles. The Morgan fingerprint density at radius 1 is 1.75 bits per heavy atom. The largest absolute Gasteiger partial charge is 0.371 e. The summed E-state index contributed by atoms with van der Waals surface area (Å²) in [5.41, 5.74) is 0. The van der Waals surface area contributed by atoms with Crippen LogP contribution in [-0.2, 0) is 0 Å². The van der Waals surface area contributed by atoms with Gasteiger partial charge in [-0.2, -0.15) is 5.10 Å². The van der Waals surface area contributed by atoms with E-state index in [1.165, 1.54) is 0 Å². The molecule has 0 spiro atoms. The van der Waals surface area contributed by atoms with Gasteiger partial charge in [-0.25, -0.2) is 4.39 Å². The fraction of sp³-hybridized carbons (Fsp3) is 0.375. The molecule has 0 fully saturated rings. The van der Waals surface area contributed by atoms with Gasteiger partial charge in [0.1, 0.15) is 6.17 Å². The van der Waals surface area contributed by atoms with E-state index < -0.39 is 6.17 Å². The van der Waals surface area contributed by atoms with Crippen LogP contribution in [0.2, 0.25) is 0 Å². The molecule has 64 valence electrons. The Morgan fingerprint density at radius 2 is 2.58 bits per heavy atom. The molecule has 1 heterocycles. The number of aromatic amines is 1. The number of aromatic nitrogens is 2. The van der Waals surface area contributed by atoms with Crippen LogP contribution in [0.3, 0.4) is 0 Å². The predicted molar refractivity (Wildman–Crippen MR) is 45.8 cm³/mol. The zero-order valence-electron chi connectivity index (χ0n) is 6.76. The van der Waals surface area contributed by atoms with Crippen molar-refractivity contribution in [2.45, 2.75) is 12.6 Å². The molecule has 0 radical (unpaired) electrons. The fourth-order valence-electron chi connectivity index (χ4n) is 1.36. The molecule has 4 heteroatoms. The Kier molecular flexibility index (Phi) is 1.60. The van der Waals surface area contributed by atoms with Gasteiger partial charge in [-0.15, -0.1) is 0 Å².